The monoisotopic (exact) mass is 562 g/mol. The first-order valence-corrected chi connectivity index (χ1v) is 14.4. The zero-order valence-electron chi connectivity index (χ0n) is 21.2. The minimum Gasteiger partial charge on any atom is -0.748 e. The number of hydrogen-bond acceptors (Lipinski definition) is 11. The molecule has 0 aromatic carbocycles. The Hall–Kier alpha value is 0.720. The molecule has 0 aliphatic heterocycles. The topological polar surface area (TPSA) is 176 Å². The number of rotatable bonds is 21. The molecule has 0 spiro atoms. The van der Waals surface area contributed by atoms with Crippen LogP contribution >= 0.6 is 0 Å². The smallest absolute Gasteiger partial charge is 0.748 e. The Labute approximate surface area is 253 Å². The minimum atomic E-state index is -4.88. The standard InChI is InChI=1S/C20H38O11S2.2Na/c1-2-3-4-5-6-7-8-9-10-11-12-13-14-29-20(31-19(22)17-33(26,27)28)15-30-18(21)16-32(23,24)25;;/h20H,2-17H2,1H3,(H,23,24,25)(H,26,27,28);;/q;2*+1/p-2. The Morgan fingerprint density at radius 2 is 1.09 bits per heavy atom. The van der Waals surface area contributed by atoms with Crippen LogP contribution in [-0.2, 0) is 44.0 Å². The molecule has 196 valence electrons. The van der Waals surface area contributed by atoms with Crippen molar-refractivity contribution >= 4 is 32.2 Å². The molecule has 0 heterocycles. The van der Waals surface area contributed by atoms with Crippen LogP contribution < -0.4 is 59.1 Å². The molecule has 0 N–H and O–H groups in total. The second-order valence-electron chi connectivity index (χ2n) is 7.77. The number of hydrogen-bond donors (Lipinski definition) is 0. The van der Waals surface area contributed by atoms with E-state index >= 15 is 0 Å². The van der Waals surface area contributed by atoms with E-state index in [1.165, 1.54) is 44.9 Å². The van der Waals surface area contributed by atoms with Crippen molar-refractivity contribution in [2.45, 2.75) is 90.3 Å². The quantitative estimate of drug-likeness (QED) is 0.0441. The Kier molecular flexibility index (Phi) is 27.4. The van der Waals surface area contributed by atoms with Crippen LogP contribution in [0.2, 0.25) is 0 Å². The molecule has 0 aliphatic rings. The molecule has 15 heteroatoms. The molecule has 0 saturated carbocycles. The maximum absolute atomic E-state index is 11.5. The van der Waals surface area contributed by atoms with E-state index in [0.29, 0.717) is 6.42 Å². The van der Waals surface area contributed by atoms with Gasteiger partial charge in [-0.15, -0.1) is 0 Å². The van der Waals surface area contributed by atoms with Crippen molar-refractivity contribution in [1.29, 1.82) is 0 Å². The molecule has 1 unspecified atom stereocenters. The van der Waals surface area contributed by atoms with E-state index in [4.69, 9.17) is 4.74 Å². The van der Waals surface area contributed by atoms with Crippen molar-refractivity contribution in [1.82, 2.24) is 0 Å². The Bertz CT molecular complexity index is 759. The molecule has 0 rings (SSSR count). The van der Waals surface area contributed by atoms with Gasteiger partial charge < -0.3 is 23.3 Å². The van der Waals surface area contributed by atoms with Crippen LogP contribution in [0.25, 0.3) is 0 Å². The van der Waals surface area contributed by atoms with Crippen LogP contribution in [0.4, 0.5) is 0 Å². The van der Waals surface area contributed by atoms with Gasteiger partial charge >= 0.3 is 71.1 Å². The SMILES string of the molecule is CCCCCCCCCCCCCCOC(COC(=O)CS(=O)(=O)[O-])OC(=O)CS(=O)(=O)[O-].[Na+].[Na+]. The van der Waals surface area contributed by atoms with Gasteiger partial charge in [0.15, 0.2) is 6.61 Å². The summed E-state index contributed by atoms with van der Waals surface area (Å²) >= 11 is 0. The molecule has 0 bridgehead atoms. The molecule has 35 heavy (non-hydrogen) atoms. The van der Waals surface area contributed by atoms with Crippen molar-refractivity contribution in [2.75, 3.05) is 24.7 Å². The summed E-state index contributed by atoms with van der Waals surface area (Å²) < 4.78 is 78.1. The van der Waals surface area contributed by atoms with Gasteiger partial charge in [-0.3, -0.25) is 9.59 Å². The van der Waals surface area contributed by atoms with Gasteiger partial charge in [-0.1, -0.05) is 77.6 Å². The fourth-order valence-corrected chi connectivity index (χ4v) is 3.67. The van der Waals surface area contributed by atoms with E-state index in [9.17, 15) is 35.5 Å². The van der Waals surface area contributed by atoms with Crippen LogP contribution in [0, 0.1) is 0 Å². The first-order chi connectivity index (χ1) is 15.4. The van der Waals surface area contributed by atoms with E-state index in [-0.39, 0.29) is 65.7 Å². The fraction of sp³-hybridized carbons (Fsp3) is 0.900. The van der Waals surface area contributed by atoms with Gasteiger partial charge in [-0.25, -0.2) is 16.8 Å². The van der Waals surface area contributed by atoms with Crippen molar-refractivity contribution < 1.29 is 109 Å². The van der Waals surface area contributed by atoms with Gasteiger partial charge in [-0.2, -0.15) is 0 Å². The first-order valence-electron chi connectivity index (χ1n) is 11.3. The van der Waals surface area contributed by atoms with Gasteiger partial charge in [0.2, 0.25) is 6.29 Å². The van der Waals surface area contributed by atoms with Crippen LogP contribution in [0.15, 0.2) is 0 Å². The fourth-order valence-electron chi connectivity index (χ4n) is 2.95. The summed E-state index contributed by atoms with van der Waals surface area (Å²) in [5.41, 5.74) is 0. The maximum atomic E-state index is 11.5. The van der Waals surface area contributed by atoms with E-state index in [1.807, 2.05) is 0 Å². The number of ether oxygens (including phenoxy) is 3. The van der Waals surface area contributed by atoms with Gasteiger partial charge in [0.25, 0.3) is 0 Å². The third kappa shape index (κ3) is 30.8. The molecule has 0 aromatic heterocycles. The normalized spacial score (nSPS) is 12.2. The third-order valence-electron chi connectivity index (χ3n) is 4.53. The molecule has 1 atom stereocenters. The number of unbranched alkanes of at least 4 members (excludes halogenated alkanes) is 11. The van der Waals surface area contributed by atoms with Crippen molar-refractivity contribution in [2.24, 2.45) is 0 Å². The molecule has 11 nitrogen and oxygen atoms in total. The van der Waals surface area contributed by atoms with Crippen LogP contribution in [0.5, 0.6) is 0 Å². The van der Waals surface area contributed by atoms with Gasteiger partial charge in [0.1, 0.15) is 31.7 Å². The molecular weight excluding hydrogens is 526 g/mol. The average Bonchev–Trinajstić information content (AvgIpc) is 2.66. The number of carbonyl (C=O) groups is 2. The average molecular weight is 563 g/mol. The largest absolute Gasteiger partial charge is 1.00 e. The number of esters is 2. The molecule has 0 aromatic rings. The zero-order valence-corrected chi connectivity index (χ0v) is 26.8. The molecular formula is C20H36Na2O11S2. The van der Waals surface area contributed by atoms with E-state index < -0.39 is 56.6 Å². The van der Waals surface area contributed by atoms with E-state index in [2.05, 4.69) is 16.4 Å². The summed E-state index contributed by atoms with van der Waals surface area (Å²) in [4.78, 5) is 22.8. The second-order valence-corrected chi connectivity index (χ2v) is 10.6. The zero-order chi connectivity index (χ0) is 25.2. The van der Waals surface area contributed by atoms with Gasteiger partial charge in [0.05, 0.1) is 6.61 Å². The van der Waals surface area contributed by atoms with Crippen LogP contribution in [-0.4, -0.2) is 68.9 Å². The van der Waals surface area contributed by atoms with Crippen LogP contribution in [0.3, 0.4) is 0 Å². The molecule has 0 radical (unpaired) electrons. The summed E-state index contributed by atoms with van der Waals surface area (Å²) in [5.74, 6) is -5.64. The summed E-state index contributed by atoms with van der Waals surface area (Å²) in [6.45, 7) is 1.54. The summed E-state index contributed by atoms with van der Waals surface area (Å²) in [5, 5.41) is 0. The van der Waals surface area contributed by atoms with E-state index in [0.717, 1.165) is 25.7 Å². The predicted molar refractivity (Wildman–Crippen MR) is 117 cm³/mol. The van der Waals surface area contributed by atoms with Gasteiger partial charge in [0, 0.05) is 0 Å². The Balaban J connectivity index is -0.00000512. The number of carbonyl (C=O) groups excluding carboxylic acids is 2. The predicted octanol–water partition coefficient (Wildman–Crippen LogP) is -3.78. The Morgan fingerprint density at radius 3 is 1.51 bits per heavy atom. The second kappa shape index (κ2) is 23.8. The Morgan fingerprint density at radius 1 is 0.686 bits per heavy atom. The summed E-state index contributed by atoms with van der Waals surface area (Å²) in [6, 6.07) is 0. The third-order valence-corrected chi connectivity index (χ3v) is 5.71. The summed E-state index contributed by atoms with van der Waals surface area (Å²) in [6.07, 6.45) is 11.9. The van der Waals surface area contributed by atoms with Crippen molar-refractivity contribution in [3.63, 3.8) is 0 Å². The molecule has 0 amide bonds. The molecule has 0 aliphatic carbocycles. The molecule has 0 saturated heterocycles. The summed E-state index contributed by atoms with van der Waals surface area (Å²) in [7, 11) is -9.73. The molecule has 0 fully saturated rings. The van der Waals surface area contributed by atoms with Crippen molar-refractivity contribution in [3.05, 3.63) is 0 Å². The van der Waals surface area contributed by atoms with Crippen molar-refractivity contribution in [3.8, 4) is 0 Å². The first kappa shape index (κ1) is 40.2. The maximum Gasteiger partial charge on any atom is 1.00 e. The van der Waals surface area contributed by atoms with E-state index in [1.54, 1.807) is 0 Å². The van der Waals surface area contributed by atoms with Gasteiger partial charge in [-0.05, 0) is 6.42 Å². The van der Waals surface area contributed by atoms with Crippen LogP contribution in [0.1, 0.15) is 84.0 Å². The minimum absolute atomic E-state index is 0.